The van der Waals surface area contributed by atoms with Gasteiger partial charge in [-0.25, -0.2) is 4.68 Å². The molecule has 0 aromatic carbocycles. The Labute approximate surface area is 94.4 Å². The van der Waals surface area contributed by atoms with Crippen molar-refractivity contribution in [1.29, 1.82) is 0 Å². The lowest BCUT2D eigenvalue weighted by molar-refractivity contribution is 0.109. The van der Waals surface area contributed by atoms with Crippen molar-refractivity contribution >= 4 is 17.2 Å². The first-order valence-electron chi connectivity index (χ1n) is 5.09. The Bertz CT molecular complexity index is 396. The number of aromatic nitrogens is 2. The zero-order chi connectivity index (χ0) is 11.0. The van der Waals surface area contributed by atoms with Gasteiger partial charge in [0, 0.05) is 7.05 Å². The fraction of sp³-hybridized carbons (Fsp3) is 0.600. The van der Waals surface area contributed by atoms with E-state index in [2.05, 4.69) is 5.10 Å². The van der Waals surface area contributed by atoms with Crippen LogP contribution in [0.1, 0.15) is 30.5 Å². The number of ether oxygens (including phenoxy) is 1. The van der Waals surface area contributed by atoms with Crippen molar-refractivity contribution in [3.8, 4) is 5.88 Å². The highest BCUT2D eigenvalue weighted by Crippen LogP contribution is 2.28. The summed E-state index contributed by atoms with van der Waals surface area (Å²) in [7, 11) is 1.85. The lowest BCUT2D eigenvalue weighted by Gasteiger charge is -2.26. The van der Waals surface area contributed by atoms with Crippen molar-refractivity contribution in [2.24, 2.45) is 12.8 Å². The Balaban J connectivity index is 2.30. The van der Waals surface area contributed by atoms with E-state index in [4.69, 9.17) is 22.7 Å². The maximum atomic E-state index is 5.83. The highest BCUT2D eigenvalue weighted by atomic mass is 32.1. The lowest BCUT2D eigenvalue weighted by atomic mass is 9.96. The van der Waals surface area contributed by atoms with E-state index in [1.54, 1.807) is 4.68 Å². The molecule has 0 atom stereocenters. The molecule has 0 bridgehead atoms. The van der Waals surface area contributed by atoms with Crippen LogP contribution in [-0.2, 0) is 7.05 Å². The average Bonchev–Trinajstić information content (AvgIpc) is 2.33. The van der Waals surface area contributed by atoms with Gasteiger partial charge in [-0.2, -0.15) is 5.10 Å². The number of aryl methyl sites for hydroxylation is 2. The van der Waals surface area contributed by atoms with Crippen LogP contribution in [0.2, 0.25) is 0 Å². The summed E-state index contributed by atoms with van der Waals surface area (Å²) in [5.74, 6) is 0.713. The smallest absolute Gasteiger partial charge is 0.222 e. The molecule has 0 spiro atoms. The first-order chi connectivity index (χ1) is 7.09. The minimum absolute atomic E-state index is 0.313. The molecule has 2 N–H and O–H groups in total. The minimum atomic E-state index is 0.313. The number of nitrogens with two attached hydrogens (primary N) is 1. The van der Waals surface area contributed by atoms with Crippen LogP contribution in [0.15, 0.2) is 0 Å². The van der Waals surface area contributed by atoms with E-state index < -0.39 is 0 Å². The fourth-order valence-corrected chi connectivity index (χ4v) is 1.94. The average molecular weight is 225 g/mol. The van der Waals surface area contributed by atoms with Gasteiger partial charge in [-0.05, 0) is 26.2 Å². The monoisotopic (exact) mass is 225 g/mol. The molecular weight excluding hydrogens is 210 g/mol. The molecule has 15 heavy (non-hydrogen) atoms. The van der Waals surface area contributed by atoms with Crippen molar-refractivity contribution in [3.05, 3.63) is 11.3 Å². The van der Waals surface area contributed by atoms with Gasteiger partial charge in [-0.1, -0.05) is 12.2 Å². The molecule has 1 aromatic rings. The van der Waals surface area contributed by atoms with Gasteiger partial charge in [0.2, 0.25) is 5.88 Å². The van der Waals surface area contributed by atoms with E-state index in [0.717, 1.165) is 24.1 Å². The van der Waals surface area contributed by atoms with Crippen LogP contribution >= 0.6 is 12.2 Å². The summed E-state index contributed by atoms with van der Waals surface area (Å²) in [5, 5.41) is 4.27. The first-order valence-corrected chi connectivity index (χ1v) is 5.50. The van der Waals surface area contributed by atoms with Crippen LogP contribution in [0.5, 0.6) is 5.88 Å². The molecule has 1 aliphatic carbocycles. The summed E-state index contributed by atoms with van der Waals surface area (Å²) in [6.45, 7) is 1.89. The summed E-state index contributed by atoms with van der Waals surface area (Å²) < 4.78 is 7.54. The normalized spacial score (nSPS) is 16.1. The molecule has 82 valence electrons. The molecule has 0 radical (unpaired) electrons. The van der Waals surface area contributed by atoms with Crippen molar-refractivity contribution in [1.82, 2.24) is 9.78 Å². The highest BCUT2D eigenvalue weighted by molar-refractivity contribution is 7.80. The molecule has 1 heterocycles. The van der Waals surface area contributed by atoms with Gasteiger partial charge in [0.15, 0.2) is 0 Å². The van der Waals surface area contributed by atoms with E-state index in [1.807, 2.05) is 14.0 Å². The molecule has 0 unspecified atom stereocenters. The minimum Gasteiger partial charge on any atom is -0.474 e. The molecule has 1 aromatic heterocycles. The second-order valence-electron chi connectivity index (χ2n) is 3.92. The third-order valence-corrected chi connectivity index (χ3v) is 2.95. The molecule has 1 saturated carbocycles. The number of nitrogens with zero attached hydrogens (tertiary/aromatic N) is 2. The standard InChI is InChI=1S/C10H15N3OS/c1-6-8(9(11)15)10(13(2)12-6)14-7-4-3-5-7/h7H,3-5H2,1-2H3,(H2,11,15). The zero-order valence-corrected chi connectivity index (χ0v) is 9.80. The Morgan fingerprint density at radius 1 is 1.60 bits per heavy atom. The van der Waals surface area contributed by atoms with E-state index in [9.17, 15) is 0 Å². The number of hydrogen-bond donors (Lipinski definition) is 1. The Hall–Kier alpha value is -1.10. The molecular formula is C10H15N3OS. The molecule has 4 nitrogen and oxygen atoms in total. The predicted octanol–water partition coefficient (Wildman–Crippen LogP) is 1.29. The Kier molecular flexibility index (Phi) is 2.65. The van der Waals surface area contributed by atoms with Crippen molar-refractivity contribution in [2.45, 2.75) is 32.3 Å². The van der Waals surface area contributed by atoms with E-state index in [-0.39, 0.29) is 0 Å². The highest BCUT2D eigenvalue weighted by Gasteiger charge is 2.24. The molecule has 2 rings (SSSR count). The third kappa shape index (κ3) is 1.84. The van der Waals surface area contributed by atoms with Crippen LogP contribution in [0.25, 0.3) is 0 Å². The summed E-state index contributed by atoms with van der Waals surface area (Å²) >= 11 is 5.00. The van der Waals surface area contributed by atoms with Gasteiger partial charge in [0.1, 0.15) is 11.1 Å². The summed E-state index contributed by atoms with van der Waals surface area (Å²) in [6.07, 6.45) is 3.78. The lowest BCUT2D eigenvalue weighted by Crippen LogP contribution is -2.26. The van der Waals surface area contributed by atoms with E-state index >= 15 is 0 Å². The Morgan fingerprint density at radius 2 is 2.27 bits per heavy atom. The van der Waals surface area contributed by atoms with Gasteiger partial charge in [-0.15, -0.1) is 0 Å². The second kappa shape index (κ2) is 3.81. The van der Waals surface area contributed by atoms with Crippen molar-refractivity contribution in [3.63, 3.8) is 0 Å². The summed E-state index contributed by atoms with van der Waals surface area (Å²) in [6, 6.07) is 0. The largest absolute Gasteiger partial charge is 0.474 e. The third-order valence-electron chi connectivity index (χ3n) is 2.75. The predicted molar refractivity (Wildman–Crippen MR) is 62.1 cm³/mol. The van der Waals surface area contributed by atoms with Gasteiger partial charge in [-0.3, -0.25) is 0 Å². The van der Waals surface area contributed by atoms with Crippen LogP contribution in [0.3, 0.4) is 0 Å². The van der Waals surface area contributed by atoms with Crippen molar-refractivity contribution < 1.29 is 4.74 Å². The number of rotatable bonds is 3. The Morgan fingerprint density at radius 3 is 2.73 bits per heavy atom. The van der Waals surface area contributed by atoms with E-state index in [0.29, 0.717) is 17.0 Å². The zero-order valence-electron chi connectivity index (χ0n) is 8.99. The maximum absolute atomic E-state index is 5.83. The maximum Gasteiger partial charge on any atom is 0.222 e. The van der Waals surface area contributed by atoms with Gasteiger partial charge >= 0.3 is 0 Å². The van der Waals surface area contributed by atoms with Crippen LogP contribution in [-0.4, -0.2) is 20.9 Å². The molecule has 1 fully saturated rings. The SMILES string of the molecule is Cc1nn(C)c(OC2CCC2)c1C(N)=S. The molecule has 0 aliphatic heterocycles. The topological polar surface area (TPSA) is 53.1 Å². The van der Waals surface area contributed by atoms with Gasteiger partial charge in [0.05, 0.1) is 11.3 Å². The molecule has 0 saturated heterocycles. The molecule has 0 amide bonds. The quantitative estimate of drug-likeness (QED) is 0.788. The van der Waals surface area contributed by atoms with Crippen LogP contribution < -0.4 is 10.5 Å². The van der Waals surface area contributed by atoms with Crippen molar-refractivity contribution in [2.75, 3.05) is 0 Å². The number of hydrogen-bond acceptors (Lipinski definition) is 3. The van der Waals surface area contributed by atoms with Crippen LogP contribution in [0.4, 0.5) is 0 Å². The van der Waals surface area contributed by atoms with E-state index in [1.165, 1.54) is 6.42 Å². The summed E-state index contributed by atoms with van der Waals surface area (Å²) in [4.78, 5) is 0.356. The van der Waals surface area contributed by atoms with Gasteiger partial charge in [0.25, 0.3) is 0 Å². The van der Waals surface area contributed by atoms with Gasteiger partial charge < -0.3 is 10.5 Å². The fourth-order valence-electron chi connectivity index (χ4n) is 1.70. The summed E-state index contributed by atoms with van der Waals surface area (Å²) in [5.41, 5.74) is 7.27. The second-order valence-corrected chi connectivity index (χ2v) is 4.36. The number of thiocarbonyl (C=S) groups is 1. The molecule has 1 aliphatic rings. The van der Waals surface area contributed by atoms with Crippen LogP contribution in [0, 0.1) is 6.92 Å². The molecule has 5 heteroatoms. The first kappa shape index (κ1) is 10.4.